The Kier molecular flexibility index (Phi) is 4.41. The van der Waals surface area contributed by atoms with E-state index in [1.165, 1.54) is 19.3 Å². The van der Waals surface area contributed by atoms with Crippen LogP contribution in [0.3, 0.4) is 0 Å². The molecular formula is C18H25N3O4. The van der Waals surface area contributed by atoms with E-state index in [-0.39, 0.29) is 6.61 Å². The number of ether oxygens (including phenoxy) is 1. The summed E-state index contributed by atoms with van der Waals surface area (Å²) >= 11 is 0. The van der Waals surface area contributed by atoms with Crippen molar-refractivity contribution < 1.29 is 20.1 Å². The zero-order chi connectivity index (χ0) is 17.6. The Labute approximate surface area is 146 Å². The summed E-state index contributed by atoms with van der Waals surface area (Å²) in [7, 11) is 0. The van der Waals surface area contributed by atoms with E-state index in [1.54, 1.807) is 16.8 Å². The molecule has 1 saturated heterocycles. The third-order valence-corrected chi connectivity index (χ3v) is 5.61. The molecule has 2 aliphatic rings. The number of nitrogens with zero attached hydrogens (tertiary/aromatic N) is 2. The number of nitrogen functional groups attached to an aromatic ring is 1. The second-order valence-corrected chi connectivity index (χ2v) is 7.15. The molecule has 4 rings (SSSR count). The van der Waals surface area contributed by atoms with E-state index in [2.05, 4.69) is 4.98 Å². The van der Waals surface area contributed by atoms with Gasteiger partial charge in [0.05, 0.1) is 6.61 Å². The molecular weight excluding hydrogens is 322 g/mol. The van der Waals surface area contributed by atoms with Gasteiger partial charge in [0.25, 0.3) is 0 Å². The van der Waals surface area contributed by atoms with Crippen molar-refractivity contribution in [1.29, 1.82) is 0 Å². The normalized spacial score (nSPS) is 31.0. The molecule has 1 saturated carbocycles. The number of fused-ring (bicyclic) bond motifs is 1. The van der Waals surface area contributed by atoms with E-state index < -0.39 is 24.5 Å². The lowest BCUT2D eigenvalue weighted by molar-refractivity contribution is -0.0509. The lowest BCUT2D eigenvalue weighted by Crippen LogP contribution is -2.33. The topological polar surface area (TPSA) is 114 Å². The summed E-state index contributed by atoms with van der Waals surface area (Å²) in [5.74, 6) is 0.418. The van der Waals surface area contributed by atoms with Gasteiger partial charge in [-0.2, -0.15) is 0 Å². The summed E-state index contributed by atoms with van der Waals surface area (Å²) < 4.78 is 7.47. The highest BCUT2D eigenvalue weighted by Crippen LogP contribution is 2.41. The minimum atomic E-state index is -1.13. The van der Waals surface area contributed by atoms with Crippen LogP contribution in [0, 0.1) is 0 Å². The Morgan fingerprint density at radius 1 is 1.20 bits per heavy atom. The highest BCUT2D eigenvalue weighted by atomic mass is 16.6. The number of aliphatic hydroxyl groups is 3. The van der Waals surface area contributed by atoms with Crippen molar-refractivity contribution in [3.8, 4) is 0 Å². The van der Waals surface area contributed by atoms with E-state index in [1.807, 2.05) is 6.20 Å². The monoisotopic (exact) mass is 347 g/mol. The number of hydrogen-bond acceptors (Lipinski definition) is 6. The Morgan fingerprint density at radius 2 is 1.96 bits per heavy atom. The van der Waals surface area contributed by atoms with Crippen LogP contribution in [0.15, 0.2) is 18.5 Å². The first-order valence-corrected chi connectivity index (χ1v) is 8.99. The molecule has 0 bridgehead atoms. The van der Waals surface area contributed by atoms with Crippen LogP contribution >= 0.6 is 0 Å². The summed E-state index contributed by atoms with van der Waals surface area (Å²) in [5, 5.41) is 30.7. The van der Waals surface area contributed by atoms with Gasteiger partial charge < -0.3 is 30.4 Å². The van der Waals surface area contributed by atoms with E-state index in [0.29, 0.717) is 17.3 Å². The van der Waals surface area contributed by atoms with Crippen molar-refractivity contribution in [2.45, 2.75) is 62.6 Å². The summed E-state index contributed by atoms with van der Waals surface area (Å²) in [4.78, 5) is 4.46. The van der Waals surface area contributed by atoms with Crippen LogP contribution < -0.4 is 5.73 Å². The van der Waals surface area contributed by atoms with Gasteiger partial charge in [-0.05, 0) is 30.4 Å². The van der Waals surface area contributed by atoms with Crippen LogP contribution in [-0.2, 0) is 4.74 Å². The smallest absolute Gasteiger partial charge is 0.164 e. The fourth-order valence-electron chi connectivity index (χ4n) is 4.26. The minimum absolute atomic E-state index is 0.348. The van der Waals surface area contributed by atoms with Gasteiger partial charge in [0.1, 0.15) is 24.0 Å². The molecule has 0 spiro atoms. The molecule has 2 fully saturated rings. The highest BCUT2D eigenvalue weighted by Gasteiger charge is 2.44. The number of aliphatic hydroxyl groups excluding tert-OH is 3. The standard InChI is InChI=1S/C18H25N3O4/c19-12-6-7-20-17-14(12)11(10-4-2-1-3-5-10)8-21(17)18-16(24)15(23)13(9-22)25-18/h6-8,10,13,15-16,18,22-24H,1-5,9H2,(H2,19,20)/t13-,15-,16-,18-/m1/s1. The fourth-order valence-corrected chi connectivity index (χ4v) is 4.26. The predicted molar refractivity (Wildman–Crippen MR) is 93.0 cm³/mol. The molecule has 7 nitrogen and oxygen atoms in total. The van der Waals surface area contributed by atoms with Crippen molar-refractivity contribution >= 4 is 16.7 Å². The van der Waals surface area contributed by atoms with Crippen LogP contribution in [-0.4, -0.2) is 49.8 Å². The van der Waals surface area contributed by atoms with Crippen molar-refractivity contribution in [2.24, 2.45) is 0 Å². The number of pyridine rings is 1. The van der Waals surface area contributed by atoms with Crippen molar-refractivity contribution in [3.05, 3.63) is 24.0 Å². The second-order valence-electron chi connectivity index (χ2n) is 7.15. The molecule has 136 valence electrons. The molecule has 0 aromatic carbocycles. The predicted octanol–water partition coefficient (Wildman–Crippen LogP) is 1.28. The highest BCUT2D eigenvalue weighted by molar-refractivity contribution is 5.92. The van der Waals surface area contributed by atoms with Crippen molar-refractivity contribution in [1.82, 2.24) is 9.55 Å². The third-order valence-electron chi connectivity index (χ3n) is 5.61. The lowest BCUT2D eigenvalue weighted by Gasteiger charge is -2.21. The first kappa shape index (κ1) is 16.8. The van der Waals surface area contributed by atoms with Crippen molar-refractivity contribution in [2.75, 3.05) is 12.3 Å². The number of anilines is 1. The van der Waals surface area contributed by atoms with Gasteiger partial charge in [-0.3, -0.25) is 0 Å². The van der Waals surface area contributed by atoms with Gasteiger partial charge in [-0.1, -0.05) is 19.3 Å². The van der Waals surface area contributed by atoms with Gasteiger partial charge in [0, 0.05) is 23.5 Å². The lowest BCUT2D eigenvalue weighted by atomic mass is 9.84. The quantitative estimate of drug-likeness (QED) is 0.665. The molecule has 5 N–H and O–H groups in total. The Balaban J connectivity index is 1.81. The van der Waals surface area contributed by atoms with Crippen LogP contribution in [0.5, 0.6) is 0 Å². The Bertz CT molecular complexity index is 756. The van der Waals surface area contributed by atoms with Gasteiger partial charge in [-0.25, -0.2) is 4.98 Å². The molecule has 1 aliphatic heterocycles. The van der Waals surface area contributed by atoms with E-state index in [9.17, 15) is 15.3 Å². The summed E-state index contributed by atoms with van der Waals surface area (Å²) in [6, 6.07) is 1.79. The maximum atomic E-state index is 10.4. The van der Waals surface area contributed by atoms with E-state index >= 15 is 0 Å². The first-order valence-electron chi connectivity index (χ1n) is 8.99. The molecule has 25 heavy (non-hydrogen) atoms. The fraction of sp³-hybridized carbons (Fsp3) is 0.611. The van der Waals surface area contributed by atoms with Crippen molar-refractivity contribution in [3.63, 3.8) is 0 Å². The average molecular weight is 347 g/mol. The Hall–Kier alpha value is -1.67. The molecule has 0 unspecified atom stereocenters. The number of hydrogen-bond donors (Lipinski definition) is 4. The number of rotatable bonds is 3. The number of aromatic nitrogens is 2. The van der Waals surface area contributed by atoms with Crippen LogP contribution in [0.2, 0.25) is 0 Å². The average Bonchev–Trinajstić information content (AvgIpc) is 3.15. The third kappa shape index (κ3) is 2.71. The van der Waals surface area contributed by atoms with Gasteiger partial charge in [0.2, 0.25) is 0 Å². The van der Waals surface area contributed by atoms with Gasteiger partial charge in [-0.15, -0.1) is 0 Å². The largest absolute Gasteiger partial charge is 0.398 e. The Morgan fingerprint density at radius 3 is 2.64 bits per heavy atom. The van der Waals surface area contributed by atoms with Gasteiger partial charge >= 0.3 is 0 Å². The zero-order valence-electron chi connectivity index (χ0n) is 14.1. The molecule has 2 aromatic heterocycles. The van der Waals surface area contributed by atoms with Crippen LogP contribution in [0.4, 0.5) is 5.69 Å². The number of nitrogens with two attached hydrogens (primary N) is 1. The first-order chi connectivity index (χ1) is 12.1. The minimum Gasteiger partial charge on any atom is -0.398 e. The molecule has 3 heterocycles. The zero-order valence-corrected chi connectivity index (χ0v) is 14.1. The maximum absolute atomic E-state index is 10.4. The molecule has 1 aliphatic carbocycles. The molecule has 2 aromatic rings. The summed E-state index contributed by atoms with van der Waals surface area (Å²) in [6.07, 6.45) is 5.63. The maximum Gasteiger partial charge on any atom is 0.164 e. The SMILES string of the molecule is Nc1ccnc2c1c(C1CCCCC1)cn2[C@@H]1O[C@H](CO)[C@@H](O)[C@H]1O. The second kappa shape index (κ2) is 6.57. The molecule has 0 radical (unpaired) electrons. The summed E-state index contributed by atoms with van der Waals surface area (Å²) in [5.41, 5.74) is 8.69. The molecule has 0 amide bonds. The van der Waals surface area contributed by atoms with Crippen LogP contribution in [0.25, 0.3) is 11.0 Å². The molecule has 7 heteroatoms. The van der Waals surface area contributed by atoms with E-state index in [4.69, 9.17) is 10.5 Å². The van der Waals surface area contributed by atoms with E-state index in [0.717, 1.165) is 23.8 Å². The van der Waals surface area contributed by atoms with Crippen LogP contribution in [0.1, 0.15) is 49.8 Å². The summed E-state index contributed by atoms with van der Waals surface area (Å²) in [6.45, 7) is -0.348. The van der Waals surface area contributed by atoms with Gasteiger partial charge in [0.15, 0.2) is 6.23 Å². The molecule has 4 atom stereocenters.